The Kier molecular flexibility index (Phi) is 7.43. The van der Waals surface area contributed by atoms with Gasteiger partial charge in [-0.15, -0.1) is 24.0 Å². The summed E-state index contributed by atoms with van der Waals surface area (Å²) in [6, 6.07) is 7.62. The van der Waals surface area contributed by atoms with Crippen molar-refractivity contribution in [3.05, 3.63) is 36.4 Å². The summed E-state index contributed by atoms with van der Waals surface area (Å²) in [6.07, 6.45) is 7.94. The van der Waals surface area contributed by atoms with Crippen molar-refractivity contribution in [2.45, 2.75) is 19.3 Å². The minimum atomic E-state index is 0. The van der Waals surface area contributed by atoms with Crippen molar-refractivity contribution in [3.63, 3.8) is 0 Å². The fourth-order valence-corrected chi connectivity index (χ4v) is 2.11. The molecule has 1 aromatic rings. The van der Waals surface area contributed by atoms with E-state index in [0.717, 1.165) is 30.8 Å². The molecule has 0 fully saturated rings. The molecule has 0 spiro atoms. The van der Waals surface area contributed by atoms with Crippen LogP contribution in [0.3, 0.4) is 0 Å². The zero-order valence-electron chi connectivity index (χ0n) is 11.7. The lowest BCUT2D eigenvalue weighted by Crippen LogP contribution is -2.24. The number of benzene rings is 1. The molecule has 1 aromatic carbocycles. The lowest BCUT2D eigenvalue weighted by Gasteiger charge is -2.15. The molecule has 110 valence electrons. The molecule has 1 unspecified atom stereocenters. The molecule has 1 atom stereocenters. The summed E-state index contributed by atoms with van der Waals surface area (Å²) in [5, 5.41) is 3.09. The van der Waals surface area contributed by atoms with Crippen LogP contribution >= 0.6 is 24.0 Å². The number of nitrogens with two attached hydrogens (primary N) is 1. The molecule has 0 bridgehead atoms. The summed E-state index contributed by atoms with van der Waals surface area (Å²) in [6.45, 7) is 0.791. The van der Waals surface area contributed by atoms with Gasteiger partial charge in [-0.1, -0.05) is 12.2 Å². The molecule has 0 aliphatic heterocycles. The fourth-order valence-electron chi connectivity index (χ4n) is 2.11. The molecule has 0 saturated carbocycles. The van der Waals surface area contributed by atoms with Gasteiger partial charge in [0.1, 0.15) is 5.75 Å². The molecule has 0 aromatic heterocycles. The van der Waals surface area contributed by atoms with Crippen LogP contribution in [0, 0.1) is 5.92 Å². The molecule has 0 radical (unpaired) electrons. The van der Waals surface area contributed by atoms with Gasteiger partial charge in [0, 0.05) is 12.2 Å². The number of nitrogens with zero attached hydrogens (tertiary/aromatic N) is 1. The molecule has 1 aliphatic carbocycles. The van der Waals surface area contributed by atoms with E-state index < -0.39 is 0 Å². The summed E-state index contributed by atoms with van der Waals surface area (Å²) < 4.78 is 5.11. The Bertz CT molecular complexity index is 457. The van der Waals surface area contributed by atoms with Gasteiger partial charge in [0.2, 0.25) is 0 Å². The van der Waals surface area contributed by atoms with E-state index in [1.165, 1.54) is 6.42 Å². The van der Waals surface area contributed by atoms with Crippen molar-refractivity contribution in [2.24, 2.45) is 16.6 Å². The zero-order valence-corrected chi connectivity index (χ0v) is 14.0. The average Bonchev–Trinajstić information content (AvgIpc) is 2.47. The van der Waals surface area contributed by atoms with E-state index in [-0.39, 0.29) is 24.0 Å². The predicted octanol–water partition coefficient (Wildman–Crippen LogP) is 3.40. The molecule has 5 heteroatoms. The summed E-state index contributed by atoms with van der Waals surface area (Å²) in [4.78, 5) is 4.40. The summed E-state index contributed by atoms with van der Waals surface area (Å²) in [5.74, 6) is 1.93. The van der Waals surface area contributed by atoms with Crippen molar-refractivity contribution >= 4 is 35.6 Å². The lowest BCUT2D eigenvalue weighted by molar-refractivity contribution is 0.415. The largest absolute Gasteiger partial charge is 0.497 e. The van der Waals surface area contributed by atoms with E-state index >= 15 is 0 Å². The molecular weight excluding hydrogens is 365 g/mol. The van der Waals surface area contributed by atoms with E-state index in [0.29, 0.717) is 11.9 Å². The van der Waals surface area contributed by atoms with Gasteiger partial charge in [-0.05, 0) is 49.4 Å². The topological polar surface area (TPSA) is 59.6 Å². The summed E-state index contributed by atoms with van der Waals surface area (Å²) >= 11 is 0. The first-order chi connectivity index (χ1) is 9.28. The van der Waals surface area contributed by atoms with E-state index in [1.807, 2.05) is 24.3 Å². The minimum absolute atomic E-state index is 0. The van der Waals surface area contributed by atoms with Crippen LogP contribution in [-0.2, 0) is 0 Å². The number of methoxy groups -OCH3 is 1. The molecule has 4 nitrogen and oxygen atoms in total. The van der Waals surface area contributed by atoms with Crippen molar-refractivity contribution < 1.29 is 4.74 Å². The second-order valence-corrected chi connectivity index (χ2v) is 4.73. The summed E-state index contributed by atoms with van der Waals surface area (Å²) in [5.41, 5.74) is 6.80. The predicted molar refractivity (Wildman–Crippen MR) is 95.0 cm³/mol. The smallest absolute Gasteiger partial charge is 0.193 e. The van der Waals surface area contributed by atoms with Crippen LogP contribution in [0.25, 0.3) is 0 Å². The Morgan fingerprint density at radius 2 is 2.10 bits per heavy atom. The third kappa shape index (κ3) is 5.40. The molecule has 20 heavy (non-hydrogen) atoms. The van der Waals surface area contributed by atoms with E-state index in [4.69, 9.17) is 10.5 Å². The number of hydrogen-bond acceptors (Lipinski definition) is 2. The zero-order chi connectivity index (χ0) is 13.5. The van der Waals surface area contributed by atoms with Crippen LogP contribution in [-0.4, -0.2) is 19.6 Å². The number of hydrogen-bond donors (Lipinski definition) is 2. The van der Waals surface area contributed by atoms with Gasteiger partial charge in [-0.2, -0.15) is 0 Å². The maximum Gasteiger partial charge on any atom is 0.193 e. The first-order valence-electron chi connectivity index (χ1n) is 6.64. The Hall–Kier alpha value is -1.24. The van der Waals surface area contributed by atoms with E-state index in [9.17, 15) is 0 Å². The van der Waals surface area contributed by atoms with Gasteiger partial charge in [-0.3, -0.25) is 4.99 Å². The van der Waals surface area contributed by atoms with Gasteiger partial charge in [0.25, 0.3) is 0 Å². The number of rotatable bonds is 4. The van der Waals surface area contributed by atoms with Crippen LogP contribution in [0.15, 0.2) is 41.4 Å². The standard InChI is InChI=1S/C15H21N3O.HI/c1-19-14-9-7-13(8-10-14)18-15(16)17-11-12-5-3-2-4-6-12;/h2-3,7-10,12H,4-6,11H2,1H3,(H3,16,17,18);1H. The van der Waals surface area contributed by atoms with Gasteiger partial charge < -0.3 is 15.8 Å². The van der Waals surface area contributed by atoms with Gasteiger partial charge >= 0.3 is 0 Å². The van der Waals surface area contributed by atoms with Crippen LogP contribution < -0.4 is 15.8 Å². The normalized spacial score (nSPS) is 18.2. The first-order valence-corrected chi connectivity index (χ1v) is 6.64. The second kappa shape index (κ2) is 8.84. The van der Waals surface area contributed by atoms with Crippen LogP contribution in [0.2, 0.25) is 0 Å². The van der Waals surface area contributed by atoms with Gasteiger partial charge in [-0.25, -0.2) is 0 Å². The number of allylic oxidation sites excluding steroid dienone is 2. The van der Waals surface area contributed by atoms with Crippen LogP contribution in [0.5, 0.6) is 5.75 Å². The number of aliphatic imine (C=N–C) groups is 1. The average molecular weight is 387 g/mol. The molecule has 0 saturated heterocycles. The maximum atomic E-state index is 5.88. The number of guanidine groups is 1. The van der Waals surface area contributed by atoms with Crippen LogP contribution in [0.1, 0.15) is 19.3 Å². The number of halogens is 1. The minimum Gasteiger partial charge on any atom is -0.497 e. The molecule has 0 heterocycles. The lowest BCUT2D eigenvalue weighted by atomic mass is 9.95. The molecule has 1 aliphatic rings. The number of anilines is 1. The molecule has 0 amide bonds. The monoisotopic (exact) mass is 387 g/mol. The number of nitrogens with one attached hydrogen (secondary N) is 1. The third-order valence-electron chi connectivity index (χ3n) is 3.26. The highest BCUT2D eigenvalue weighted by Gasteiger charge is 2.08. The number of ether oxygens (including phenoxy) is 1. The van der Waals surface area contributed by atoms with Crippen molar-refractivity contribution in [1.29, 1.82) is 0 Å². The quantitative estimate of drug-likeness (QED) is 0.360. The maximum absolute atomic E-state index is 5.88. The van der Waals surface area contributed by atoms with E-state index in [1.54, 1.807) is 7.11 Å². The van der Waals surface area contributed by atoms with Gasteiger partial charge in [0.05, 0.1) is 7.11 Å². The third-order valence-corrected chi connectivity index (χ3v) is 3.26. The van der Waals surface area contributed by atoms with E-state index in [2.05, 4.69) is 22.5 Å². The Morgan fingerprint density at radius 3 is 2.70 bits per heavy atom. The highest BCUT2D eigenvalue weighted by molar-refractivity contribution is 14.0. The van der Waals surface area contributed by atoms with Gasteiger partial charge in [0.15, 0.2) is 5.96 Å². The Morgan fingerprint density at radius 1 is 1.35 bits per heavy atom. The summed E-state index contributed by atoms with van der Waals surface area (Å²) in [7, 11) is 1.65. The Balaban J connectivity index is 0.00000200. The SMILES string of the molecule is COc1ccc(NC(N)=NCC2CC=CCC2)cc1.I. The fraction of sp³-hybridized carbons (Fsp3) is 0.400. The molecule has 2 rings (SSSR count). The van der Waals surface area contributed by atoms with Crippen molar-refractivity contribution in [1.82, 2.24) is 0 Å². The highest BCUT2D eigenvalue weighted by Crippen LogP contribution is 2.18. The molecular formula is C15H22IN3O. The van der Waals surface area contributed by atoms with Crippen molar-refractivity contribution in [2.75, 3.05) is 19.0 Å². The highest BCUT2D eigenvalue weighted by atomic mass is 127. The Labute approximate surface area is 137 Å². The molecule has 3 N–H and O–H groups in total. The van der Waals surface area contributed by atoms with Crippen LogP contribution in [0.4, 0.5) is 5.69 Å². The van der Waals surface area contributed by atoms with Crippen molar-refractivity contribution in [3.8, 4) is 5.75 Å². The first kappa shape index (κ1) is 16.8. The second-order valence-electron chi connectivity index (χ2n) is 4.73.